The molecule has 1 heterocycles. The van der Waals surface area contributed by atoms with Crippen LogP contribution in [0, 0.1) is 12.7 Å². The van der Waals surface area contributed by atoms with E-state index >= 15 is 0 Å². The second-order valence-corrected chi connectivity index (χ2v) is 5.64. The molecule has 0 aliphatic heterocycles. The van der Waals surface area contributed by atoms with Crippen LogP contribution in [0.25, 0.3) is 33.5 Å². The van der Waals surface area contributed by atoms with E-state index in [1.165, 1.54) is 6.07 Å². The van der Waals surface area contributed by atoms with E-state index < -0.39 is 0 Å². The van der Waals surface area contributed by atoms with Crippen molar-refractivity contribution in [2.45, 2.75) is 6.92 Å². The zero-order valence-electron chi connectivity index (χ0n) is 12.7. The maximum Gasteiger partial charge on any atom is 0.138 e. The number of rotatable bonds is 2. The fraction of sp³-hybridized carbons (Fsp3) is 0.0500. The molecule has 0 fully saturated rings. The maximum atomic E-state index is 13.4. The van der Waals surface area contributed by atoms with Crippen LogP contribution in [0.3, 0.4) is 0 Å². The van der Waals surface area contributed by atoms with Crippen molar-refractivity contribution in [1.82, 2.24) is 9.97 Å². The molecule has 23 heavy (non-hydrogen) atoms. The zero-order valence-corrected chi connectivity index (χ0v) is 12.7. The number of para-hydroxylation sites is 2. The van der Waals surface area contributed by atoms with E-state index in [1.807, 2.05) is 54.6 Å². The minimum atomic E-state index is -0.173. The lowest BCUT2D eigenvalue weighted by atomic mass is 10.0. The molecule has 0 saturated heterocycles. The summed E-state index contributed by atoms with van der Waals surface area (Å²) < 4.78 is 13.4. The lowest BCUT2D eigenvalue weighted by Crippen LogP contribution is -1.85. The van der Waals surface area contributed by atoms with Crippen LogP contribution in [-0.2, 0) is 0 Å². The van der Waals surface area contributed by atoms with Crippen LogP contribution in [-0.4, -0.2) is 9.97 Å². The topological polar surface area (TPSA) is 28.7 Å². The number of nitrogens with one attached hydrogen (secondary N) is 1. The predicted octanol–water partition coefficient (Wildman–Crippen LogP) is 5.34. The summed E-state index contributed by atoms with van der Waals surface area (Å²) in [5, 5.41) is 0. The Balaban J connectivity index is 1.71. The third-order valence-electron chi connectivity index (χ3n) is 4.04. The number of nitrogens with zero attached hydrogens (tertiary/aromatic N) is 1. The van der Waals surface area contributed by atoms with Gasteiger partial charge in [0.2, 0.25) is 0 Å². The van der Waals surface area contributed by atoms with Gasteiger partial charge in [0.1, 0.15) is 11.6 Å². The molecule has 0 saturated carbocycles. The van der Waals surface area contributed by atoms with E-state index in [-0.39, 0.29) is 5.82 Å². The van der Waals surface area contributed by atoms with Crippen molar-refractivity contribution in [2.75, 3.05) is 0 Å². The summed E-state index contributed by atoms with van der Waals surface area (Å²) in [5.41, 5.74) is 5.75. The van der Waals surface area contributed by atoms with E-state index in [0.717, 1.165) is 33.5 Å². The number of hydrogen-bond acceptors (Lipinski definition) is 1. The van der Waals surface area contributed by atoms with Crippen molar-refractivity contribution in [3.63, 3.8) is 0 Å². The number of aromatic nitrogens is 2. The Hall–Kier alpha value is -2.94. The fourth-order valence-electron chi connectivity index (χ4n) is 2.73. The average Bonchev–Trinajstić information content (AvgIpc) is 3.02. The van der Waals surface area contributed by atoms with Crippen LogP contribution in [0.1, 0.15) is 5.56 Å². The van der Waals surface area contributed by atoms with Crippen LogP contribution in [0.4, 0.5) is 4.39 Å². The molecule has 112 valence electrons. The van der Waals surface area contributed by atoms with E-state index in [1.54, 1.807) is 13.0 Å². The standard InChI is InChI=1S/C20H15FN2/c1-13-12-16(10-11-17(13)21)14-6-8-15(9-7-14)20-22-18-4-2-3-5-19(18)23-20/h2-12H,1H3,(H,22,23). The van der Waals surface area contributed by atoms with Crippen molar-refractivity contribution in [2.24, 2.45) is 0 Å². The first-order valence-electron chi connectivity index (χ1n) is 7.52. The van der Waals surface area contributed by atoms with Gasteiger partial charge in [0.05, 0.1) is 11.0 Å². The van der Waals surface area contributed by atoms with Crippen LogP contribution < -0.4 is 0 Å². The molecule has 1 N–H and O–H groups in total. The molecule has 4 rings (SSSR count). The lowest BCUT2D eigenvalue weighted by molar-refractivity contribution is 0.619. The summed E-state index contributed by atoms with van der Waals surface area (Å²) in [7, 11) is 0. The molecule has 1 aromatic heterocycles. The van der Waals surface area contributed by atoms with E-state index in [2.05, 4.69) is 9.97 Å². The van der Waals surface area contributed by atoms with Gasteiger partial charge in [0.15, 0.2) is 0 Å². The number of imidazole rings is 1. The number of benzene rings is 3. The Labute approximate surface area is 133 Å². The molecule has 0 amide bonds. The zero-order chi connectivity index (χ0) is 15.8. The Morgan fingerprint density at radius 2 is 1.52 bits per heavy atom. The molecule has 0 aliphatic rings. The smallest absolute Gasteiger partial charge is 0.138 e. The van der Waals surface area contributed by atoms with Crippen molar-refractivity contribution in [3.05, 3.63) is 78.1 Å². The average molecular weight is 302 g/mol. The fourth-order valence-corrected chi connectivity index (χ4v) is 2.73. The van der Waals surface area contributed by atoms with Crippen LogP contribution in [0.5, 0.6) is 0 Å². The summed E-state index contributed by atoms with van der Waals surface area (Å²) in [6.45, 7) is 1.78. The first kappa shape index (κ1) is 13.7. The molecule has 3 aromatic carbocycles. The van der Waals surface area contributed by atoms with Crippen LogP contribution in [0.2, 0.25) is 0 Å². The molecular formula is C20H15FN2. The van der Waals surface area contributed by atoms with Crippen molar-refractivity contribution in [1.29, 1.82) is 0 Å². The van der Waals surface area contributed by atoms with Gasteiger partial charge in [-0.1, -0.05) is 42.5 Å². The molecule has 0 bridgehead atoms. The Morgan fingerprint density at radius 1 is 0.826 bits per heavy atom. The highest BCUT2D eigenvalue weighted by atomic mass is 19.1. The van der Waals surface area contributed by atoms with Gasteiger partial charge in [0.25, 0.3) is 0 Å². The quantitative estimate of drug-likeness (QED) is 0.531. The second-order valence-electron chi connectivity index (χ2n) is 5.64. The van der Waals surface area contributed by atoms with Gasteiger partial charge in [-0.05, 0) is 47.9 Å². The summed E-state index contributed by atoms with van der Waals surface area (Å²) in [6, 6.07) is 21.3. The lowest BCUT2D eigenvalue weighted by Gasteiger charge is -2.05. The van der Waals surface area contributed by atoms with Gasteiger partial charge in [-0.25, -0.2) is 9.37 Å². The SMILES string of the molecule is Cc1cc(-c2ccc(-c3nc4ccccc4[nH]3)cc2)ccc1F. The highest BCUT2D eigenvalue weighted by Gasteiger charge is 2.06. The van der Waals surface area contributed by atoms with E-state index in [4.69, 9.17) is 0 Å². The molecule has 0 unspecified atom stereocenters. The van der Waals surface area contributed by atoms with Gasteiger partial charge in [-0.2, -0.15) is 0 Å². The predicted molar refractivity (Wildman–Crippen MR) is 91.7 cm³/mol. The van der Waals surface area contributed by atoms with E-state index in [9.17, 15) is 4.39 Å². The van der Waals surface area contributed by atoms with Gasteiger partial charge in [0, 0.05) is 5.56 Å². The first-order chi connectivity index (χ1) is 11.2. The first-order valence-corrected chi connectivity index (χ1v) is 7.52. The summed E-state index contributed by atoms with van der Waals surface area (Å²) in [5.74, 6) is 0.681. The Kier molecular flexibility index (Phi) is 3.19. The van der Waals surface area contributed by atoms with Crippen molar-refractivity contribution < 1.29 is 4.39 Å². The van der Waals surface area contributed by atoms with Crippen molar-refractivity contribution in [3.8, 4) is 22.5 Å². The number of H-pyrrole nitrogens is 1. The highest BCUT2D eigenvalue weighted by molar-refractivity contribution is 5.79. The third-order valence-corrected chi connectivity index (χ3v) is 4.04. The van der Waals surface area contributed by atoms with Crippen LogP contribution in [0.15, 0.2) is 66.7 Å². The molecule has 0 aliphatic carbocycles. The minimum absolute atomic E-state index is 0.173. The molecule has 0 radical (unpaired) electrons. The van der Waals surface area contributed by atoms with Gasteiger partial charge >= 0.3 is 0 Å². The van der Waals surface area contributed by atoms with Crippen molar-refractivity contribution >= 4 is 11.0 Å². The second kappa shape index (κ2) is 5.36. The van der Waals surface area contributed by atoms with Crippen LogP contribution >= 0.6 is 0 Å². The summed E-state index contributed by atoms with van der Waals surface area (Å²) in [6.07, 6.45) is 0. The Morgan fingerprint density at radius 3 is 2.26 bits per heavy atom. The Bertz CT molecular complexity index is 951. The number of aryl methyl sites for hydroxylation is 1. The highest BCUT2D eigenvalue weighted by Crippen LogP contribution is 2.26. The number of aromatic amines is 1. The van der Waals surface area contributed by atoms with Gasteiger partial charge < -0.3 is 4.98 Å². The molecule has 3 heteroatoms. The third kappa shape index (κ3) is 2.50. The maximum absolute atomic E-state index is 13.4. The molecule has 0 atom stereocenters. The number of hydrogen-bond donors (Lipinski definition) is 1. The number of halogens is 1. The molecule has 4 aromatic rings. The minimum Gasteiger partial charge on any atom is -0.338 e. The van der Waals surface area contributed by atoms with Gasteiger partial charge in [-0.3, -0.25) is 0 Å². The monoisotopic (exact) mass is 302 g/mol. The van der Waals surface area contributed by atoms with Gasteiger partial charge in [-0.15, -0.1) is 0 Å². The molecular weight excluding hydrogens is 287 g/mol. The molecule has 2 nitrogen and oxygen atoms in total. The summed E-state index contributed by atoms with van der Waals surface area (Å²) >= 11 is 0. The van der Waals surface area contributed by atoms with E-state index in [0.29, 0.717) is 5.56 Å². The molecule has 0 spiro atoms. The summed E-state index contributed by atoms with van der Waals surface area (Å²) in [4.78, 5) is 7.93. The number of fused-ring (bicyclic) bond motifs is 1. The normalized spacial score (nSPS) is 11.0. The largest absolute Gasteiger partial charge is 0.338 e.